The molecule has 1 aromatic heterocycles. The first-order valence-electron chi connectivity index (χ1n) is 11.8. The second-order valence-corrected chi connectivity index (χ2v) is 9.99. The summed E-state index contributed by atoms with van der Waals surface area (Å²) < 4.78 is 16.9. The van der Waals surface area contributed by atoms with Crippen molar-refractivity contribution in [1.82, 2.24) is 5.32 Å². The average molecular weight is 480 g/mol. The Hall–Kier alpha value is -2.90. The molecular formula is C27H29NO5S. The van der Waals surface area contributed by atoms with Crippen LogP contribution in [0.2, 0.25) is 0 Å². The molecule has 1 aliphatic carbocycles. The van der Waals surface area contributed by atoms with Gasteiger partial charge in [-0.3, -0.25) is 4.79 Å². The van der Waals surface area contributed by atoms with Gasteiger partial charge in [0.05, 0.1) is 24.7 Å². The number of para-hydroxylation sites is 1. The van der Waals surface area contributed by atoms with E-state index in [2.05, 4.69) is 5.32 Å². The van der Waals surface area contributed by atoms with E-state index in [4.69, 9.17) is 14.2 Å². The van der Waals surface area contributed by atoms with Crippen LogP contribution in [0.3, 0.4) is 0 Å². The van der Waals surface area contributed by atoms with Gasteiger partial charge in [0.1, 0.15) is 12.4 Å². The summed E-state index contributed by atoms with van der Waals surface area (Å²) in [7, 11) is 1.65. The van der Waals surface area contributed by atoms with Gasteiger partial charge < -0.3 is 19.5 Å². The number of rotatable bonds is 6. The molecule has 2 aliphatic heterocycles. The number of methoxy groups -OCH3 is 1. The number of carbonyl (C=O) groups excluding carboxylic acids is 2. The second-order valence-electron chi connectivity index (χ2n) is 9.01. The molecule has 0 radical (unpaired) electrons. The molecule has 0 spiro atoms. The van der Waals surface area contributed by atoms with Crippen molar-refractivity contribution >= 4 is 23.1 Å². The van der Waals surface area contributed by atoms with Crippen LogP contribution in [0.5, 0.6) is 5.75 Å². The summed E-state index contributed by atoms with van der Waals surface area (Å²) in [5.41, 5.74) is 3.86. The van der Waals surface area contributed by atoms with E-state index >= 15 is 0 Å². The number of hydrogen-bond acceptors (Lipinski definition) is 7. The lowest BCUT2D eigenvalue weighted by Crippen LogP contribution is -2.36. The Kier molecular flexibility index (Phi) is 6.57. The molecule has 1 aromatic carbocycles. The number of ether oxygens (including phenoxy) is 3. The molecule has 0 saturated carbocycles. The topological polar surface area (TPSA) is 73.9 Å². The highest BCUT2D eigenvalue weighted by Crippen LogP contribution is 2.47. The van der Waals surface area contributed by atoms with Crippen LogP contribution in [-0.4, -0.2) is 38.2 Å². The first kappa shape index (κ1) is 22.9. The Bertz CT molecular complexity index is 1140. The van der Waals surface area contributed by atoms with Gasteiger partial charge in [0.15, 0.2) is 5.78 Å². The molecule has 1 saturated heterocycles. The molecule has 34 heavy (non-hydrogen) atoms. The fourth-order valence-corrected chi connectivity index (χ4v) is 6.14. The first-order valence-corrected chi connectivity index (χ1v) is 12.6. The van der Waals surface area contributed by atoms with E-state index in [1.807, 2.05) is 48.7 Å². The summed E-state index contributed by atoms with van der Waals surface area (Å²) in [6.45, 7) is 2.84. The van der Waals surface area contributed by atoms with Crippen LogP contribution in [0, 0.1) is 0 Å². The van der Waals surface area contributed by atoms with Crippen molar-refractivity contribution in [1.29, 1.82) is 0 Å². The van der Waals surface area contributed by atoms with Crippen LogP contribution >= 0.6 is 11.3 Å². The molecule has 3 atom stereocenters. The Balaban J connectivity index is 1.47. The largest absolute Gasteiger partial charge is 0.496 e. The Morgan fingerprint density at radius 3 is 2.79 bits per heavy atom. The fourth-order valence-electron chi connectivity index (χ4n) is 5.30. The lowest BCUT2D eigenvalue weighted by atomic mass is 9.73. The van der Waals surface area contributed by atoms with Crippen LogP contribution in [0.25, 0.3) is 0 Å². The van der Waals surface area contributed by atoms with E-state index in [-0.39, 0.29) is 30.4 Å². The van der Waals surface area contributed by atoms with Crippen LogP contribution in [0.1, 0.15) is 54.9 Å². The lowest BCUT2D eigenvalue weighted by Gasteiger charge is -2.36. The van der Waals surface area contributed by atoms with E-state index in [0.717, 1.165) is 40.4 Å². The molecule has 0 bridgehead atoms. The van der Waals surface area contributed by atoms with Crippen molar-refractivity contribution in [2.24, 2.45) is 0 Å². The number of Topliss-reactive ketones (excluding diaryl/α,β-unsaturated/α-hetero) is 1. The Morgan fingerprint density at radius 2 is 2.06 bits per heavy atom. The van der Waals surface area contributed by atoms with E-state index < -0.39 is 5.92 Å². The minimum absolute atomic E-state index is 0.0136. The number of esters is 1. The maximum absolute atomic E-state index is 13.6. The lowest BCUT2D eigenvalue weighted by molar-refractivity contribution is -0.142. The van der Waals surface area contributed by atoms with Crippen molar-refractivity contribution in [3.63, 3.8) is 0 Å². The molecule has 0 unspecified atom stereocenters. The van der Waals surface area contributed by atoms with Crippen molar-refractivity contribution in [3.05, 3.63) is 74.8 Å². The van der Waals surface area contributed by atoms with Gasteiger partial charge in [-0.2, -0.15) is 0 Å². The third-order valence-corrected chi connectivity index (χ3v) is 7.82. The van der Waals surface area contributed by atoms with Crippen LogP contribution in [0.4, 0.5) is 0 Å². The van der Waals surface area contributed by atoms with Crippen LogP contribution in [0.15, 0.2) is 64.3 Å². The predicted octanol–water partition coefficient (Wildman–Crippen LogP) is 4.84. The average Bonchev–Trinajstić information content (AvgIpc) is 3.56. The number of thiophene rings is 1. The van der Waals surface area contributed by atoms with Crippen LogP contribution in [-0.2, 0) is 19.1 Å². The van der Waals surface area contributed by atoms with Crippen molar-refractivity contribution in [2.45, 2.75) is 50.5 Å². The molecule has 1 N–H and O–H groups in total. The van der Waals surface area contributed by atoms with E-state index in [1.54, 1.807) is 18.4 Å². The van der Waals surface area contributed by atoms with Gasteiger partial charge in [0.2, 0.25) is 0 Å². The van der Waals surface area contributed by atoms with Gasteiger partial charge in [0, 0.05) is 40.8 Å². The zero-order chi connectivity index (χ0) is 23.7. The third kappa shape index (κ3) is 4.30. The number of benzene rings is 1. The molecule has 6 nitrogen and oxygen atoms in total. The minimum atomic E-state index is -0.417. The van der Waals surface area contributed by atoms with Gasteiger partial charge in [-0.25, -0.2) is 4.79 Å². The Labute approximate surface area is 203 Å². The highest BCUT2D eigenvalue weighted by atomic mass is 32.1. The highest BCUT2D eigenvalue weighted by Gasteiger charge is 2.42. The van der Waals surface area contributed by atoms with Crippen molar-refractivity contribution in [2.75, 3.05) is 20.3 Å². The summed E-state index contributed by atoms with van der Waals surface area (Å²) in [5, 5.41) is 5.39. The number of ketones is 1. The quantitative estimate of drug-likeness (QED) is 0.598. The summed E-state index contributed by atoms with van der Waals surface area (Å²) >= 11 is 1.56. The van der Waals surface area contributed by atoms with Crippen molar-refractivity contribution < 1.29 is 23.8 Å². The van der Waals surface area contributed by atoms with Gasteiger partial charge in [-0.15, -0.1) is 11.3 Å². The van der Waals surface area contributed by atoms with Crippen molar-refractivity contribution in [3.8, 4) is 5.75 Å². The number of hydrogen-bond donors (Lipinski definition) is 1. The Morgan fingerprint density at radius 1 is 1.21 bits per heavy atom. The molecular weight excluding hydrogens is 450 g/mol. The molecule has 2 aromatic rings. The second kappa shape index (κ2) is 9.76. The third-order valence-electron chi connectivity index (χ3n) is 6.88. The van der Waals surface area contributed by atoms with Gasteiger partial charge in [-0.05, 0) is 49.3 Å². The number of dihydropyridines is 1. The number of allylic oxidation sites excluding steroid dienone is 3. The molecule has 3 heterocycles. The molecule has 7 heteroatoms. The van der Waals surface area contributed by atoms with Gasteiger partial charge in [0.25, 0.3) is 0 Å². The standard InChI is InChI=1S/C27H29NO5S/c1-16-24(27(30)33-15-18-7-5-11-32-18)26(23-10-6-12-34-23)25-20(28-16)13-17(14-21(25)29)19-8-3-4-9-22(19)31-2/h3-4,6,8-10,12,17-18,26,28H,5,7,11,13-15H2,1-2H3/t17-,18-,26-/m1/s1. The van der Waals surface area contributed by atoms with Gasteiger partial charge >= 0.3 is 5.97 Å². The van der Waals surface area contributed by atoms with E-state index in [1.165, 1.54) is 0 Å². The normalized spacial score (nSPS) is 24.6. The van der Waals surface area contributed by atoms with E-state index in [0.29, 0.717) is 30.6 Å². The highest BCUT2D eigenvalue weighted by molar-refractivity contribution is 7.10. The molecule has 178 valence electrons. The van der Waals surface area contributed by atoms with E-state index in [9.17, 15) is 9.59 Å². The molecule has 1 fully saturated rings. The molecule has 0 amide bonds. The summed E-state index contributed by atoms with van der Waals surface area (Å²) in [4.78, 5) is 27.9. The summed E-state index contributed by atoms with van der Waals surface area (Å²) in [6.07, 6.45) is 2.89. The fraction of sp³-hybridized carbons (Fsp3) is 0.407. The van der Waals surface area contributed by atoms with Gasteiger partial charge in [-0.1, -0.05) is 24.3 Å². The van der Waals surface area contributed by atoms with Crippen LogP contribution < -0.4 is 10.1 Å². The zero-order valence-corrected chi connectivity index (χ0v) is 20.3. The minimum Gasteiger partial charge on any atom is -0.496 e. The molecule has 3 aliphatic rings. The first-order chi connectivity index (χ1) is 16.6. The number of carbonyl (C=O) groups is 2. The zero-order valence-electron chi connectivity index (χ0n) is 19.5. The summed E-state index contributed by atoms with van der Waals surface area (Å²) in [5.74, 6) is 0.0600. The number of nitrogens with one attached hydrogen (secondary N) is 1. The predicted molar refractivity (Wildman–Crippen MR) is 130 cm³/mol. The smallest absolute Gasteiger partial charge is 0.336 e. The maximum atomic E-state index is 13.6. The SMILES string of the molecule is COc1ccccc1[C@H]1CC(=O)C2=C(C1)NC(C)=C(C(=O)OC[C@H]1CCCO1)[C@H]2c1cccs1. The maximum Gasteiger partial charge on any atom is 0.336 e. The monoisotopic (exact) mass is 479 g/mol. The summed E-state index contributed by atoms with van der Waals surface area (Å²) in [6, 6.07) is 11.8. The molecule has 5 rings (SSSR count).